The van der Waals surface area contributed by atoms with Crippen LogP contribution in [0.1, 0.15) is 30.9 Å². The molecule has 170 valence electrons. The molecule has 3 atom stereocenters. The van der Waals surface area contributed by atoms with Crippen molar-refractivity contribution in [2.45, 2.75) is 31.3 Å². The van der Waals surface area contributed by atoms with E-state index in [1.54, 1.807) is 12.1 Å². The van der Waals surface area contributed by atoms with Crippen LogP contribution in [0.3, 0.4) is 0 Å². The second-order valence-electron chi connectivity index (χ2n) is 8.99. The van der Waals surface area contributed by atoms with Crippen molar-refractivity contribution < 1.29 is 14.0 Å². The Kier molecular flexibility index (Phi) is 6.86. The fourth-order valence-electron chi connectivity index (χ4n) is 5.05. The van der Waals surface area contributed by atoms with Gasteiger partial charge in [-0.3, -0.25) is 9.59 Å². The number of halogens is 1. The first-order valence-electron chi connectivity index (χ1n) is 11.3. The van der Waals surface area contributed by atoms with E-state index in [2.05, 4.69) is 17.3 Å². The van der Waals surface area contributed by atoms with Crippen molar-refractivity contribution >= 4 is 17.5 Å². The van der Waals surface area contributed by atoms with Crippen LogP contribution in [0.25, 0.3) is 0 Å². The van der Waals surface area contributed by atoms with Gasteiger partial charge in [0.2, 0.25) is 11.8 Å². The molecule has 2 aromatic rings. The van der Waals surface area contributed by atoms with E-state index in [1.165, 1.54) is 12.1 Å². The van der Waals surface area contributed by atoms with E-state index < -0.39 is 6.04 Å². The third kappa shape index (κ3) is 5.00. The van der Waals surface area contributed by atoms with Gasteiger partial charge in [0, 0.05) is 31.4 Å². The summed E-state index contributed by atoms with van der Waals surface area (Å²) >= 11 is 0. The normalized spacial score (nSPS) is 23.2. The van der Waals surface area contributed by atoms with Crippen molar-refractivity contribution in [3.05, 3.63) is 66.0 Å². The maximum Gasteiger partial charge on any atom is 0.244 e. The maximum atomic E-state index is 13.1. The van der Waals surface area contributed by atoms with Gasteiger partial charge in [-0.1, -0.05) is 30.3 Å². The summed E-state index contributed by atoms with van der Waals surface area (Å²) < 4.78 is 13.1. The Morgan fingerprint density at radius 3 is 2.38 bits per heavy atom. The molecule has 6 nitrogen and oxygen atoms in total. The summed E-state index contributed by atoms with van der Waals surface area (Å²) in [5, 5.41) is 2.91. The molecule has 2 heterocycles. The molecule has 7 heteroatoms. The summed E-state index contributed by atoms with van der Waals surface area (Å²) in [7, 11) is 2.07. The molecule has 0 saturated carbocycles. The number of likely N-dealkylation sites (tertiary alicyclic amines) is 2. The van der Waals surface area contributed by atoms with E-state index in [0.29, 0.717) is 37.3 Å². The van der Waals surface area contributed by atoms with Crippen LogP contribution < -0.4 is 11.1 Å². The van der Waals surface area contributed by atoms with Crippen LogP contribution in [-0.4, -0.2) is 54.3 Å². The molecule has 3 N–H and O–H groups in total. The summed E-state index contributed by atoms with van der Waals surface area (Å²) in [5.41, 5.74) is 7.66. The highest BCUT2D eigenvalue weighted by atomic mass is 19.1. The van der Waals surface area contributed by atoms with Gasteiger partial charge in [0.1, 0.15) is 11.9 Å². The average Bonchev–Trinajstić information content (AvgIpc) is 3.22. The van der Waals surface area contributed by atoms with Gasteiger partial charge in [0.25, 0.3) is 0 Å². The van der Waals surface area contributed by atoms with E-state index in [0.717, 1.165) is 24.8 Å². The molecule has 2 aliphatic rings. The van der Waals surface area contributed by atoms with Gasteiger partial charge in [-0.15, -0.1) is 0 Å². The lowest BCUT2D eigenvalue weighted by Gasteiger charge is -2.38. The predicted octanol–water partition coefficient (Wildman–Crippen LogP) is 3.02. The third-order valence-electron chi connectivity index (χ3n) is 6.90. The predicted molar refractivity (Wildman–Crippen MR) is 122 cm³/mol. The van der Waals surface area contributed by atoms with Crippen LogP contribution >= 0.6 is 0 Å². The minimum absolute atomic E-state index is 0.0209. The largest absolute Gasteiger partial charge is 0.341 e. The standard InChI is InChI=1S/C25H31FN4O2/c1-29-16-19(24(31)28-21-9-7-20(26)8-10-21)15-22(29)17-11-13-30(14-12-17)25(32)23(27)18-5-3-2-4-6-18/h2-10,17,19,22-23H,11-16,27H2,1H3,(H,28,31)/t19-,22-,23+/m1/s1. The average molecular weight is 439 g/mol. The van der Waals surface area contributed by atoms with Crippen molar-refractivity contribution in [3.63, 3.8) is 0 Å². The van der Waals surface area contributed by atoms with Crippen LogP contribution in [0.5, 0.6) is 0 Å². The number of rotatable bonds is 5. The van der Waals surface area contributed by atoms with Crippen molar-refractivity contribution in [3.8, 4) is 0 Å². The first-order valence-corrected chi connectivity index (χ1v) is 11.3. The lowest BCUT2D eigenvalue weighted by Crippen LogP contribution is -2.46. The number of carbonyl (C=O) groups is 2. The number of piperidine rings is 1. The van der Waals surface area contributed by atoms with Gasteiger partial charge in [-0.2, -0.15) is 0 Å². The second kappa shape index (κ2) is 9.79. The molecular formula is C25H31FN4O2. The van der Waals surface area contributed by atoms with E-state index in [9.17, 15) is 14.0 Å². The van der Waals surface area contributed by atoms with Crippen molar-refractivity contribution in [2.75, 3.05) is 32.0 Å². The minimum atomic E-state index is -0.624. The number of carbonyl (C=O) groups excluding carboxylic acids is 2. The quantitative estimate of drug-likeness (QED) is 0.752. The Balaban J connectivity index is 1.29. The molecule has 2 fully saturated rings. The van der Waals surface area contributed by atoms with E-state index in [1.807, 2.05) is 35.2 Å². The summed E-state index contributed by atoms with van der Waals surface area (Å²) in [5.74, 6) is -0.0153. The Hall–Kier alpha value is -2.77. The van der Waals surface area contributed by atoms with Crippen LogP contribution in [-0.2, 0) is 9.59 Å². The van der Waals surface area contributed by atoms with Crippen LogP contribution in [0.15, 0.2) is 54.6 Å². The molecular weight excluding hydrogens is 407 g/mol. The number of nitrogens with zero attached hydrogens (tertiary/aromatic N) is 2. The van der Waals surface area contributed by atoms with Gasteiger partial charge in [-0.05, 0) is 62.1 Å². The zero-order chi connectivity index (χ0) is 22.7. The van der Waals surface area contributed by atoms with Crippen LogP contribution in [0.4, 0.5) is 10.1 Å². The Bertz CT molecular complexity index is 929. The van der Waals surface area contributed by atoms with E-state index in [4.69, 9.17) is 5.73 Å². The maximum absolute atomic E-state index is 13.1. The molecule has 2 aliphatic heterocycles. The van der Waals surface area contributed by atoms with Gasteiger partial charge in [-0.25, -0.2) is 4.39 Å². The Morgan fingerprint density at radius 1 is 1.06 bits per heavy atom. The number of benzene rings is 2. The molecule has 4 rings (SSSR count). The topological polar surface area (TPSA) is 78.7 Å². The molecule has 2 amide bonds. The molecule has 0 aromatic heterocycles. The highest BCUT2D eigenvalue weighted by molar-refractivity contribution is 5.92. The van der Waals surface area contributed by atoms with E-state index in [-0.39, 0.29) is 23.5 Å². The van der Waals surface area contributed by atoms with Gasteiger partial charge >= 0.3 is 0 Å². The molecule has 0 radical (unpaired) electrons. The zero-order valence-electron chi connectivity index (χ0n) is 18.4. The smallest absolute Gasteiger partial charge is 0.244 e. The molecule has 2 aromatic carbocycles. The number of nitrogens with two attached hydrogens (primary N) is 1. The van der Waals surface area contributed by atoms with Crippen molar-refractivity contribution in [1.82, 2.24) is 9.80 Å². The second-order valence-corrected chi connectivity index (χ2v) is 8.99. The van der Waals surface area contributed by atoms with Crippen molar-refractivity contribution in [2.24, 2.45) is 17.6 Å². The first-order chi connectivity index (χ1) is 15.4. The lowest BCUT2D eigenvalue weighted by atomic mass is 9.86. The summed E-state index contributed by atoms with van der Waals surface area (Å²) in [6.45, 7) is 2.09. The van der Waals surface area contributed by atoms with Crippen LogP contribution in [0, 0.1) is 17.7 Å². The highest BCUT2D eigenvalue weighted by Crippen LogP contribution is 2.34. The summed E-state index contributed by atoms with van der Waals surface area (Å²) in [6, 6.07) is 15.0. The highest BCUT2D eigenvalue weighted by Gasteiger charge is 2.40. The summed E-state index contributed by atoms with van der Waals surface area (Å²) in [4.78, 5) is 29.7. The lowest BCUT2D eigenvalue weighted by molar-refractivity contribution is -0.134. The summed E-state index contributed by atoms with van der Waals surface area (Å²) in [6.07, 6.45) is 2.62. The fraction of sp³-hybridized carbons (Fsp3) is 0.440. The molecule has 0 bridgehead atoms. The molecule has 2 saturated heterocycles. The molecule has 0 spiro atoms. The Morgan fingerprint density at radius 2 is 1.72 bits per heavy atom. The number of anilines is 1. The van der Waals surface area contributed by atoms with Gasteiger partial charge in [0.15, 0.2) is 0 Å². The SMILES string of the molecule is CN1C[C@H](C(=O)Nc2ccc(F)cc2)C[C@@H]1C1CCN(C(=O)[C@@H](N)c2ccccc2)CC1. The third-order valence-corrected chi connectivity index (χ3v) is 6.90. The molecule has 32 heavy (non-hydrogen) atoms. The van der Waals surface area contributed by atoms with E-state index >= 15 is 0 Å². The number of hydrogen-bond acceptors (Lipinski definition) is 4. The minimum Gasteiger partial charge on any atom is -0.341 e. The zero-order valence-corrected chi connectivity index (χ0v) is 18.4. The van der Waals surface area contributed by atoms with Crippen molar-refractivity contribution in [1.29, 1.82) is 0 Å². The fourth-order valence-corrected chi connectivity index (χ4v) is 5.05. The number of nitrogens with one attached hydrogen (secondary N) is 1. The molecule has 0 unspecified atom stereocenters. The molecule has 0 aliphatic carbocycles. The number of hydrogen-bond donors (Lipinski definition) is 2. The number of amides is 2. The monoisotopic (exact) mass is 438 g/mol. The van der Waals surface area contributed by atoms with Gasteiger partial charge in [0.05, 0.1) is 5.92 Å². The van der Waals surface area contributed by atoms with Gasteiger partial charge < -0.3 is 20.9 Å². The Labute approximate surface area is 188 Å². The van der Waals surface area contributed by atoms with Crippen LogP contribution in [0.2, 0.25) is 0 Å². The first kappa shape index (κ1) is 22.4.